The zero-order valence-electron chi connectivity index (χ0n) is 16.1. The topological polar surface area (TPSA) is 159 Å². The average Bonchev–Trinajstić information content (AvgIpc) is 2.63. The van der Waals surface area contributed by atoms with Crippen LogP contribution in [0.4, 0.5) is 0 Å². The zero-order chi connectivity index (χ0) is 19.9. The number of aliphatic hydroxyl groups is 6. The number of hydrogen-bond acceptors (Lipinski definition) is 7. The van der Waals surface area contributed by atoms with Gasteiger partial charge >= 0.3 is 5.97 Å². The number of hydrogen-bond donors (Lipinski definition) is 7. The van der Waals surface area contributed by atoms with Crippen molar-refractivity contribution in [3.05, 3.63) is 0 Å². The second-order valence-electron chi connectivity index (χ2n) is 6.87. The van der Waals surface area contributed by atoms with E-state index in [9.17, 15) is 25.2 Å². The van der Waals surface area contributed by atoms with E-state index < -0.39 is 36.5 Å². The third kappa shape index (κ3) is 13.6. The zero-order valence-corrected chi connectivity index (χ0v) is 19.1. The van der Waals surface area contributed by atoms with Gasteiger partial charge in [-0.05, 0) is 12.8 Å². The maximum absolute atomic E-state index is 10.5. The molecule has 0 aliphatic rings. The normalized spacial score (nSPS) is 16.8. The third-order valence-corrected chi connectivity index (χ3v) is 4.58. The van der Waals surface area contributed by atoms with Gasteiger partial charge in [0.05, 0.1) is 6.10 Å². The quantitative estimate of drug-likeness (QED) is 0.123. The summed E-state index contributed by atoms with van der Waals surface area (Å²) in [6.07, 6.45) is 1.12. The van der Waals surface area contributed by atoms with Crippen molar-refractivity contribution in [3.8, 4) is 0 Å². The molecule has 0 heterocycles. The van der Waals surface area contributed by atoms with E-state index in [4.69, 9.17) is 15.3 Å². The monoisotopic (exact) mass is 444 g/mol. The Bertz CT molecular complexity index is 358. The van der Waals surface area contributed by atoms with Gasteiger partial charge in [0.25, 0.3) is 0 Å². The van der Waals surface area contributed by atoms with E-state index >= 15 is 0 Å². The van der Waals surface area contributed by atoms with Gasteiger partial charge in [-0.15, -0.1) is 0 Å². The van der Waals surface area contributed by atoms with Crippen LogP contribution in [-0.4, -0.2) is 78.8 Å². The molecule has 0 aromatic rings. The number of carboxylic acids is 1. The number of carboxylic acid groups (broad SMARTS) is 1. The first-order chi connectivity index (χ1) is 12.3. The number of carbonyl (C=O) groups is 1. The standard InChI is InChI=1S/C18H36O8.Zn/c19-12-10-8-6-4-2-1-3-5-7-9-11-13(20)14(21)15(22)16(23)17(24)18(25)26;/h13-17,19-24H,1-12H2,(H,25,26);. The van der Waals surface area contributed by atoms with Crippen LogP contribution in [0, 0.1) is 0 Å². The molecule has 0 aromatic carbocycles. The first kappa shape index (κ1) is 29.1. The summed E-state index contributed by atoms with van der Waals surface area (Å²) >= 11 is 0. The predicted molar refractivity (Wildman–Crippen MR) is 95.5 cm³/mol. The molecule has 0 spiro atoms. The van der Waals surface area contributed by atoms with Crippen molar-refractivity contribution in [1.82, 2.24) is 0 Å². The van der Waals surface area contributed by atoms with E-state index in [1.54, 1.807) is 0 Å². The molecule has 27 heavy (non-hydrogen) atoms. The summed E-state index contributed by atoms with van der Waals surface area (Å²) in [6.45, 7) is 0.261. The minimum absolute atomic E-state index is 0. The molecule has 5 unspecified atom stereocenters. The fourth-order valence-electron chi connectivity index (χ4n) is 2.81. The van der Waals surface area contributed by atoms with Crippen LogP contribution in [0.1, 0.15) is 70.6 Å². The molecule has 0 radical (unpaired) electrons. The van der Waals surface area contributed by atoms with Gasteiger partial charge in [-0.1, -0.05) is 57.8 Å². The third-order valence-electron chi connectivity index (χ3n) is 4.58. The Morgan fingerprint density at radius 2 is 1.04 bits per heavy atom. The van der Waals surface area contributed by atoms with E-state index in [1.165, 1.54) is 12.8 Å². The smallest absolute Gasteiger partial charge is 0.335 e. The van der Waals surface area contributed by atoms with Crippen molar-refractivity contribution < 1.29 is 60.0 Å². The van der Waals surface area contributed by atoms with Crippen LogP contribution in [0.25, 0.3) is 0 Å². The molecule has 0 amide bonds. The van der Waals surface area contributed by atoms with Gasteiger partial charge < -0.3 is 35.7 Å². The Morgan fingerprint density at radius 3 is 1.44 bits per heavy atom. The molecule has 0 aliphatic heterocycles. The Kier molecular flexibility index (Phi) is 19.3. The molecule has 8 nitrogen and oxygen atoms in total. The molecule has 158 valence electrons. The summed E-state index contributed by atoms with van der Waals surface area (Å²) < 4.78 is 0. The van der Waals surface area contributed by atoms with Crippen LogP contribution in [0.15, 0.2) is 0 Å². The van der Waals surface area contributed by atoms with Crippen LogP contribution in [0.2, 0.25) is 0 Å². The second-order valence-corrected chi connectivity index (χ2v) is 6.87. The maximum atomic E-state index is 10.5. The molecule has 0 saturated heterocycles. The summed E-state index contributed by atoms with van der Waals surface area (Å²) in [5, 5.41) is 65.1. The number of aliphatic carboxylic acids is 1. The van der Waals surface area contributed by atoms with Gasteiger partial charge in [-0.25, -0.2) is 4.79 Å². The molecular formula is C18H36O8Zn. The molecule has 0 saturated carbocycles. The first-order valence-electron chi connectivity index (χ1n) is 9.57. The van der Waals surface area contributed by atoms with Crippen molar-refractivity contribution in [1.29, 1.82) is 0 Å². The minimum atomic E-state index is -2.23. The van der Waals surface area contributed by atoms with Crippen molar-refractivity contribution in [2.75, 3.05) is 6.61 Å². The Morgan fingerprint density at radius 1 is 0.630 bits per heavy atom. The van der Waals surface area contributed by atoms with Gasteiger partial charge in [0, 0.05) is 26.1 Å². The molecule has 0 bridgehead atoms. The van der Waals surface area contributed by atoms with E-state index in [2.05, 4.69) is 0 Å². The molecule has 5 atom stereocenters. The molecule has 0 aromatic heterocycles. The van der Waals surface area contributed by atoms with Crippen molar-refractivity contribution >= 4 is 5.97 Å². The number of rotatable bonds is 17. The Balaban J connectivity index is 0. The van der Waals surface area contributed by atoms with Crippen LogP contribution >= 0.6 is 0 Å². The largest absolute Gasteiger partial charge is 0.479 e. The van der Waals surface area contributed by atoms with Gasteiger partial charge in [-0.2, -0.15) is 0 Å². The first-order valence-corrected chi connectivity index (χ1v) is 9.57. The summed E-state index contributed by atoms with van der Waals surface area (Å²) in [5.41, 5.74) is 0. The molecule has 0 aliphatic carbocycles. The van der Waals surface area contributed by atoms with Crippen LogP contribution in [-0.2, 0) is 24.3 Å². The summed E-state index contributed by atoms with van der Waals surface area (Å²) in [5.74, 6) is -1.72. The SMILES string of the molecule is O=C(O)C(O)C(O)C(O)C(O)C(O)CCCCCCCCCCCCO.[Zn]. The van der Waals surface area contributed by atoms with E-state index in [0.29, 0.717) is 6.42 Å². The number of aliphatic hydroxyl groups excluding tert-OH is 6. The van der Waals surface area contributed by atoms with Gasteiger partial charge in [0.2, 0.25) is 0 Å². The molecular weight excluding hydrogens is 410 g/mol. The Hall–Kier alpha value is -0.147. The van der Waals surface area contributed by atoms with Crippen molar-refractivity contribution in [3.63, 3.8) is 0 Å². The molecule has 7 N–H and O–H groups in total. The van der Waals surface area contributed by atoms with E-state index in [-0.39, 0.29) is 32.5 Å². The summed E-state index contributed by atoms with van der Waals surface area (Å²) in [7, 11) is 0. The van der Waals surface area contributed by atoms with Crippen molar-refractivity contribution in [2.45, 2.75) is 101 Å². The van der Waals surface area contributed by atoms with Gasteiger partial charge in [0.1, 0.15) is 18.3 Å². The summed E-state index contributed by atoms with van der Waals surface area (Å²) in [4.78, 5) is 10.5. The van der Waals surface area contributed by atoms with Gasteiger partial charge in [-0.3, -0.25) is 0 Å². The van der Waals surface area contributed by atoms with Crippen molar-refractivity contribution in [2.24, 2.45) is 0 Å². The van der Waals surface area contributed by atoms with Crippen LogP contribution in [0.5, 0.6) is 0 Å². The fourth-order valence-corrected chi connectivity index (χ4v) is 2.81. The maximum Gasteiger partial charge on any atom is 0.335 e. The minimum Gasteiger partial charge on any atom is -0.479 e. The molecule has 0 fully saturated rings. The fraction of sp³-hybridized carbons (Fsp3) is 0.944. The summed E-state index contributed by atoms with van der Waals surface area (Å²) in [6, 6.07) is 0. The second kappa shape index (κ2) is 17.9. The number of unbranched alkanes of at least 4 members (excludes halogenated alkanes) is 9. The van der Waals surface area contributed by atoms with Crippen LogP contribution < -0.4 is 0 Å². The predicted octanol–water partition coefficient (Wildman–Crippen LogP) is 0.156. The van der Waals surface area contributed by atoms with Crippen LogP contribution in [0.3, 0.4) is 0 Å². The average molecular weight is 446 g/mol. The Labute approximate surface area is 174 Å². The van der Waals surface area contributed by atoms with E-state index in [0.717, 1.165) is 44.9 Å². The molecule has 9 heteroatoms. The van der Waals surface area contributed by atoms with E-state index in [1.807, 2.05) is 0 Å². The molecule has 0 rings (SSSR count). The van der Waals surface area contributed by atoms with Gasteiger partial charge in [0.15, 0.2) is 6.10 Å².